The molecule has 2 aromatic rings. The standard InChI is InChI=1S/C13H10BrN3O5/c1-22-9-4-2-7(6-8(9)14)3-5-10-15-12(18)11(17(20)21)13(19)16-10/h2-6H,1H3,(H2,15,16,18,19)/b5-3-. The molecule has 8 nitrogen and oxygen atoms in total. The average molecular weight is 368 g/mol. The van der Waals surface area contributed by atoms with Crippen molar-refractivity contribution in [2.24, 2.45) is 0 Å². The Balaban J connectivity index is 2.33. The minimum Gasteiger partial charge on any atom is -0.496 e. The van der Waals surface area contributed by atoms with Crippen LogP contribution < -0.4 is 10.3 Å². The zero-order valence-electron chi connectivity index (χ0n) is 11.2. The Morgan fingerprint density at radius 3 is 2.73 bits per heavy atom. The SMILES string of the molecule is COc1ccc(/C=C\c2nc(O)c([N+](=O)[O-])c(=O)[nH]2)cc1Br. The number of benzene rings is 1. The van der Waals surface area contributed by atoms with Crippen LogP contribution in [0.3, 0.4) is 0 Å². The molecule has 0 saturated carbocycles. The summed E-state index contributed by atoms with van der Waals surface area (Å²) in [5.74, 6) is -0.263. The first-order valence-corrected chi connectivity index (χ1v) is 6.71. The fourth-order valence-electron chi connectivity index (χ4n) is 1.68. The van der Waals surface area contributed by atoms with E-state index >= 15 is 0 Å². The van der Waals surface area contributed by atoms with Crippen molar-refractivity contribution in [3.8, 4) is 11.6 Å². The first-order chi connectivity index (χ1) is 10.4. The summed E-state index contributed by atoms with van der Waals surface area (Å²) in [6.07, 6.45) is 3.03. The smallest absolute Gasteiger partial charge is 0.395 e. The van der Waals surface area contributed by atoms with Gasteiger partial charge in [-0.25, -0.2) is 0 Å². The van der Waals surface area contributed by atoms with Gasteiger partial charge in [-0.15, -0.1) is 0 Å². The molecule has 1 aromatic carbocycles. The van der Waals surface area contributed by atoms with Gasteiger partial charge in [-0.2, -0.15) is 4.98 Å². The molecule has 0 aliphatic heterocycles. The monoisotopic (exact) mass is 367 g/mol. The van der Waals surface area contributed by atoms with Gasteiger partial charge in [0.2, 0.25) is 0 Å². The second-order valence-electron chi connectivity index (χ2n) is 4.11. The highest BCUT2D eigenvalue weighted by molar-refractivity contribution is 9.10. The minimum absolute atomic E-state index is 0.0000375. The molecule has 2 N–H and O–H groups in total. The normalized spacial score (nSPS) is 10.8. The molecule has 0 fully saturated rings. The van der Waals surface area contributed by atoms with Crippen LogP contribution in [-0.2, 0) is 0 Å². The Labute approximate surface area is 132 Å². The fraction of sp³-hybridized carbons (Fsp3) is 0.0769. The van der Waals surface area contributed by atoms with Crippen molar-refractivity contribution >= 4 is 33.8 Å². The molecule has 0 unspecified atom stereocenters. The number of methoxy groups -OCH3 is 1. The van der Waals surface area contributed by atoms with Crippen LogP contribution in [0.4, 0.5) is 5.69 Å². The van der Waals surface area contributed by atoms with Crippen molar-refractivity contribution < 1.29 is 14.8 Å². The number of aromatic nitrogens is 2. The predicted molar refractivity (Wildman–Crippen MR) is 82.8 cm³/mol. The third-order valence-corrected chi connectivity index (χ3v) is 3.31. The lowest BCUT2D eigenvalue weighted by atomic mass is 10.2. The molecule has 1 heterocycles. The number of nitro groups is 1. The summed E-state index contributed by atoms with van der Waals surface area (Å²) >= 11 is 3.33. The number of hydrogen-bond donors (Lipinski definition) is 2. The maximum absolute atomic E-state index is 11.5. The van der Waals surface area contributed by atoms with Crippen LogP contribution in [0.5, 0.6) is 11.6 Å². The Morgan fingerprint density at radius 2 is 2.18 bits per heavy atom. The van der Waals surface area contributed by atoms with Gasteiger partial charge in [0.25, 0.3) is 5.88 Å². The number of hydrogen-bond acceptors (Lipinski definition) is 6. The van der Waals surface area contributed by atoms with Crippen LogP contribution in [-0.4, -0.2) is 27.1 Å². The van der Waals surface area contributed by atoms with Crippen LogP contribution in [0, 0.1) is 10.1 Å². The minimum atomic E-state index is -1.02. The van der Waals surface area contributed by atoms with E-state index in [1.54, 1.807) is 31.4 Å². The molecule has 114 valence electrons. The lowest BCUT2D eigenvalue weighted by molar-refractivity contribution is -0.387. The molecule has 1 aromatic heterocycles. The Hall–Kier alpha value is -2.68. The summed E-state index contributed by atoms with van der Waals surface area (Å²) < 4.78 is 5.84. The van der Waals surface area contributed by atoms with Crippen molar-refractivity contribution in [3.63, 3.8) is 0 Å². The summed E-state index contributed by atoms with van der Waals surface area (Å²) in [6, 6.07) is 5.29. The fourth-order valence-corrected chi connectivity index (χ4v) is 2.24. The van der Waals surface area contributed by atoms with E-state index in [1.165, 1.54) is 6.08 Å². The molecule has 22 heavy (non-hydrogen) atoms. The van der Waals surface area contributed by atoms with E-state index in [4.69, 9.17) is 4.74 Å². The predicted octanol–water partition coefficient (Wildman–Crippen LogP) is 2.33. The highest BCUT2D eigenvalue weighted by Gasteiger charge is 2.21. The molecule has 0 bridgehead atoms. The van der Waals surface area contributed by atoms with Gasteiger partial charge in [0, 0.05) is 0 Å². The van der Waals surface area contributed by atoms with E-state index in [2.05, 4.69) is 25.9 Å². The van der Waals surface area contributed by atoms with Gasteiger partial charge in [-0.3, -0.25) is 14.9 Å². The average Bonchev–Trinajstić information content (AvgIpc) is 2.44. The quantitative estimate of drug-likeness (QED) is 0.632. The third-order valence-electron chi connectivity index (χ3n) is 2.69. The van der Waals surface area contributed by atoms with E-state index in [0.717, 1.165) is 10.0 Å². The van der Waals surface area contributed by atoms with Crippen LogP contribution in [0.2, 0.25) is 0 Å². The zero-order chi connectivity index (χ0) is 16.3. The van der Waals surface area contributed by atoms with Crippen LogP contribution in [0.1, 0.15) is 11.4 Å². The molecule has 0 atom stereocenters. The van der Waals surface area contributed by atoms with Gasteiger partial charge in [0.05, 0.1) is 16.5 Å². The number of halogens is 1. The molecule has 0 aliphatic rings. The largest absolute Gasteiger partial charge is 0.496 e. The van der Waals surface area contributed by atoms with Crippen molar-refractivity contribution in [2.75, 3.05) is 7.11 Å². The van der Waals surface area contributed by atoms with Crippen molar-refractivity contribution in [1.29, 1.82) is 0 Å². The van der Waals surface area contributed by atoms with Crippen molar-refractivity contribution in [3.05, 3.63) is 54.5 Å². The highest BCUT2D eigenvalue weighted by atomic mass is 79.9. The van der Waals surface area contributed by atoms with E-state index in [-0.39, 0.29) is 5.82 Å². The number of aromatic amines is 1. The number of nitrogens with one attached hydrogen (secondary N) is 1. The number of nitrogens with zero attached hydrogens (tertiary/aromatic N) is 2. The Bertz CT molecular complexity index is 816. The molecule has 0 spiro atoms. The van der Waals surface area contributed by atoms with Gasteiger partial charge in [-0.1, -0.05) is 12.1 Å². The van der Waals surface area contributed by atoms with Gasteiger partial charge in [-0.05, 0) is 39.7 Å². The van der Waals surface area contributed by atoms with Crippen LogP contribution in [0.25, 0.3) is 12.2 Å². The lowest BCUT2D eigenvalue weighted by Gasteiger charge is -2.03. The second-order valence-corrected chi connectivity index (χ2v) is 4.96. The molecule has 0 radical (unpaired) electrons. The summed E-state index contributed by atoms with van der Waals surface area (Å²) in [5, 5.41) is 20.0. The topological polar surface area (TPSA) is 118 Å². The summed E-state index contributed by atoms with van der Waals surface area (Å²) in [5.41, 5.74) is -1.23. The van der Waals surface area contributed by atoms with Crippen LogP contribution in [0.15, 0.2) is 27.5 Å². The number of ether oxygens (including phenoxy) is 1. The Morgan fingerprint density at radius 1 is 1.45 bits per heavy atom. The van der Waals surface area contributed by atoms with Crippen molar-refractivity contribution in [1.82, 2.24) is 9.97 Å². The molecule has 9 heteroatoms. The van der Waals surface area contributed by atoms with E-state index in [9.17, 15) is 20.0 Å². The van der Waals surface area contributed by atoms with Gasteiger partial charge < -0.3 is 14.8 Å². The van der Waals surface area contributed by atoms with Crippen molar-refractivity contribution in [2.45, 2.75) is 0 Å². The molecule has 0 saturated heterocycles. The lowest BCUT2D eigenvalue weighted by Crippen LogP contribution is -2.14. The maximum Gasteiger partial charge on any atom is 0.395 e. The van der Waals surface area contributed by atoms with Crippen LogP contribution >= 0.6 is 15.9 Å². The third kappa shape index (κ3) is 3.31. The number of H-pyrrole nitrogens is 1. The molecule has 0 aliphatic carbocycles. The zero-order valence-corrected chi connectivity index (χ0v) is 12.8. The molecular weight excluding hydrogens is 358 g/mol. The number of rotatable bonds is 4. The second kappa shape index (κ2) is 6.39. The van der Waals surface area contributed by atoms with E-state index < -0.39 is 22.0 Å². The number of aromatic hydroxyl groups is 1. The van der Waals surface area contributed by atoms with E-state index in [0.29, 0.717) is 5.75 Å². The maximum atomic E-state index is 11.5. The van der Waals surface area contributed by atoms with Gasteiger partial charge >= 0.3 is 11.2 Å². The summed E-state index contributed by atoms with van der Waals surface area (Å²) in [7, 11) is 1.55. The first kappa shape index (κ1) is 15.7. The molecule has 0 amide bonds. The van der Waals surface area contributed by atoms with Gasteiger partial charge in [0.15, 0.2) is 0 Å². The molecule has 2 rings (SSSR count). The highest BCUT2D eigenvalue weighted by Crippen LogP contribution is 2.26. The summed E-state index contributed by atoms with van der Waals surface area (Å²) in [4.78, 5) is 26.9. The Kier molecular flexibility index (Phi) is 4.56. The first-order valence-electron chi connectivity index (χ1n) is 5.91. The van der Waals surface area contributed by atoms with E-state index in [1.807, 2.05) is 0 Å². The summed E-state index contributed by atoms with van der Waals surface area (Å²) in [6.45, 7) is 0. The molecular formula is C13H10BrN3O5. The van der Waals surface area contributed by atoms with Gasteiger partial charge in [0.1, 0.15) is 11.6 Å².